The van der Waals surface area contributed by atoms with Gasteiger partial charge in [0.25, 0.3) is 5.91 Å². The number of nitrogens with one attached hydrogen (secondary N) is 1. The van der Waals surface area contributed by atoms with Crippen molar-refractivity contribution in [2.24, 2.45) is 5.10 Å². The van der Waals surface area contributed by atoms with Crippen LogP contribution in [-0.4, -0.2) is 35.9 Å². The van der Waals surface area contributed by atoms with Crippen LogP contribution in [0.5, 0.6) is 11.5 Å². The van der Waals surface area contributed by atoms with E-state index >= 15 is 0 Å². The van der Waals surface area contributed by atoms with E-state index in [-0.39, 0.29) is 6.61 Å². The molecule has 2 N–H and O–H groups in total. The summed E-state index contributed by atoms with van der Waals surface area (Å²) >= 11 is 5.79. The van der Waals surface area contributed by atoms with Crippen molar-refractivity contribution >= 4 is 29.2 Å². The number of benzene rings is 2. The van der Waals surface area contributed by atoms with Gasteiger partial charge >= 0.3 is 5.97 Å². The van der Waals surface area contributed by atoms with Gasteiger partial charge in [0.15, 0.2) is 13.2 Å². The van der Waals surface area contributed by atoms with Crippen molar-refractivity contribution in [3.63, 3.8) is 0 Å². The van der Waals surface area contributed by atoms with E-state index < -0.39 is 18.5 Å². The Balaban J connectivity index is 1.89. The molecule has 0 radical (unpaired) electrons. The number of hydrogen-bond donors (Lipinski definition) is 2. The van der Waals surface area contributed by atoms with Crippen LogP contribution in [0.15, 0.2) is 53.6 Å². The predicted molar refractivity (Wildman–Crippen MR) is 101 cm³/mol. The summed E-state index contributed by atoms with van der Waals surface area (Å²) in [7, 11) is 0. The van der Waals surface area contributed by atoms with Crippen molar-refractivity contribution in [2.75, 3.05) is 13.2 Å². The highest BCUT2D eigenvalue weighted by atomic mass is 35.5. The number of ether oxygens (including phenoxy) is 2. The number of aliphatic carboxylic acids is 1. The first kappa shape index (κ1) is 20.3. The van der Waals surface area contributed by atoms with Gasteiger partial charge in [0, 0.05) is 5.02 Å². The zero-order chi connectivity index (χ0) is 19.6. The Morgan fingerprint density at radius 2 is 1.56 bits per heavy atom. The standard InChI is InChI=1S/C19H19ClN2O5/c1-2-17(13-3-7-15(8-4-13)27-12-19(24)25)21-22-18(23)11-26-16-9-5-14(20)6-10-16/h3-10H,2,11-12H2,1H3,(H,22,23)(H,24,25)/b21-17-. The summed E-state index contributed by atoms with van der Waals surface area (Å²) in [6.45, 7) is 1.33. The molecule has 0 atom stereocenters. The average Bonchev–Trinajstić information content (AvgIpc) is 2.67. The summed E-state index contributed by atoms with van der Waals surface area (Å²) < 4.78 is 10.4. The minimum Gasteiger partial charge on any atom is -0.484 e. The van der Waals surface area contributed by atoms with E-state index in [9.17, 15) is 9.59 Å². The van der Waals surface area contributed by atoms with Gasteiger partial charge in [-0.1, -0.05) is 18.5 Å². The molecule has 0 aromatic heterocycles. The van der Waals surface area contributed by atoms with Gasteiger partial charge in [-0.25, -0.2) is 10.2 Å². The van der Waals surface area contributed by atoms with Crippen LogP contribution in [0.2, 0.25) is 5.02 Å². The Labute approximate surface area is 161 Å². The van der Waals surface area contributed by atoms with E-state index in [2.05, 4.69) is 10.5 Å². The highest BCUT2D eigenvalue weighted by molar-refractivity contribution is 6.30. The molecule has 0 fully saturated rings. The lowest BCUT2D eigenvalue weighted by molar-refractivity contribution is -0.139. The Morgan fingerprint density at radius 1 is 1.00 bits per heavy atom. The number of carboxylic acids is 1. The molecular formula is C19H19ClN2O5. The first-order valence-electron chi connectivity index (χ1n) is 8.16. The lowest BCUT2D eigenvalue weighted by Gasteiger charge is -2.08. The number of carbonyl (C=O) groups is 2. The van der Waals surface area contributed by atoms with Crippen LogP contribution in [0.4, 0.5) is 0 Å². The molecule has 0 aliphatic rings. The average molecular weight is 391 g/mol. The fourth-order valence-electron chi connectivity index (χ4n) is 2.08. The van der Waals surface area contributed by atoms with Gasteiger partial charge in [-0.3, -0.25) is 4.79 Å². The number of rotatable bonds is 9. The summed E-state index contributed by atoms with van der Waals surface area (Å²) in [5, 5.41) is 13.3. The first-order valence-corrected chi connectivity index (χ1v) is 8.54. The first-order chi connectivity index (χ1) is 13.0. The summed E-state index contributed by atoms with van der Waals surface area (Å²) in [6, 6.07) is 13.5. The number of amides is 1. The van der Waals surface area contributed by atoms with Crippen molar-refractivity contribution in [1.82, 2.24) is 5.43 Å². The summed E-state index contributed by atoms with van der Waals surface area (Å²) in [6.07, 6.45) is 0.591. The third-order valence-corrected chi connectivity index (χ3v) is 3.64. The Bertz CT molecular complexity index is 804. The largest absolute Gasteiger partial charge is 0.484 e. The second kappa shape index (κ2) is 10.2. The van der Waals surface area contributed by atoms with E-state index in [0.717, 1.165) is 5.56 Å². The maximum Gasteiger partial charge on any atom is 0.341 e. The van der Waals surface area contributed by atoms with Crippen molar-refractivity contribution in [2.45, 2.75) is 13.3 Å². The van der Waals surface area contributed by atoms with Crippen molar-refractivity contribution in [3.05, 3.63) is 59.1 Å². The fraction of sp³-hybridized carbons (Fsp3) is 0.211. The molecule has 0 bridgehead atoms. The van der Waals surface area contributed by atoms with Gasteiger partial charge < -0.3 is 14.6 Å². The zero-order valence-corrected chi connectivity index (χ0v) is 15.4. The molecule has 2 aromatic rings. The maximum atomic E-state index is 11.9. The highest BCUT2D eigenvalue weighted by Crippen LogP contribution is 2.15. The molecule has 27 heavy (non-hydrogen) atoms. The SMILES string of the molecule is CC/C(=N/NC(=O)COc1ccc(Cl)cc1)c1ccc(OCC(=O)O)cc1. The van der Waals surface area contributed by atoms with Crippen molar-refractivity contribution < 1.29 is 24.2 Å². The minimum atomic E-state index is -1.04. The van der Waals surface area contributed by atoms with Crippen LogP contribution < -0.4 is 14.9 Å². The molecule has 0 unspecified atom stereocenters. The molecule has 0 aliphatic carbocycles. The lowest BCUT2D eigenvalue weighted by Crippen LogP contribution is -2.26. The minimum absolute atomic E-state index is 0.176. The van der Waals surface area contributed by atoms with Crippen LogP contribution in [0.1, 0.15) is 18.9 Å². The van der Waals surface area contributed by atoms with Crippen LogP contribution >= 0.6 is 11.6 Å². The summed E-state index contributed by atoms with van der Waals surface area (Å²) in [4.78, 5) is 22.4. The predicted octanol–water partition coefficient (Wildman–Crippen LogP) is 3.11. The molecule has 1 amide bonds. The second-order valence-electron chi connectivity index (χ2n) is 5.40. The topological polar surface area (TPSA) is 97.2 Å². The van der Waals surface area contributed by atoms with Gasteiger partial charge in [0.05, 0.1) is 5.71 Å². The molecule has 8 heteroatoms. The van der Waals surface area contributed by atoms with Crippen LogP contribution in [-0.2, 0) is 9.59 Å². The number of nitrogens with zero attached hydrogens (tertiary/aromatic N) is 1. The monoisotopic (exact) mass is 390 g/mol. The summed E-state index contributed by atoms with van der Waals surface area (Å²) in [5.74, 6) is -0.459. The van der Waals surface area contributed by atoms with E-state index in [0.29, 0.717) is 28.7 Å². The molecule has 0 saturated carbocycles. The number of carbonyl (C=O) groups excluding carboxylic acids is 1. The molecule has 0 saturated heterocycles. The van der Waals surface area contributed by atoms with Gasteiger partial charge in [-0.05, 0) is 60.5 Å². The number of carboxylic acid groups (broad SMARTS) is 1. The fourth-order valence-corrected chi connectivity index (χ4v) is 2.20. The molecule has 7 nitrogen and oxygen atoms in total. The number of hydrogen-bond acceptors (Lipinski definition) is 5. The number of halogens is 1. The molecule has 142 valence electrons. The summed E-state index contributed by atoms with van der Waals surface area (Å²) in [5.41, 5.74) is 3.91. The van der Waals surface area contributed by atoms with Crippen molar-refractivity contribution in [3.8, 4) is 11.5 Å². The van der Waals surface area contributed by atoms with Crippen molar-refractivity contribution in [1.29, 1.82) is 0 Å². The second-order valence-corrected chi connectivity index (χ2v) is 5.83. The van der Waals surface area contributed by atoms with Crippen LogP contribution in [0.3, 0.4) is 0 Å². The number of hydrazone groups is 1. The quantitative estimate of drug-likeness (QED) is 0.506. The maximum absolute atomic E-state index is 11.9. The molecule has 0 spiro atoms. The normalized spacial score (nSPS) is 11.0. The van der Waals surface area contributed by atoms with E-state index in [1.54, 1.807) is 48.5 Å². The molecule has 0 heterocycles. The third kappa shape index (κ3) is 6.99. The molecule has 2 rings (SSSR count). The van der Waals surface area contributed by atoms with Crippen LogP contribution in [0.25, 0.3) is 0 Å². The molecule has 0 aliphatic heterocycles. The molecular weight excluding hydrogens is 372 g/mol. The van der Waals surface area contributed by atoms with Gasteiger partial charge in [-0.2, -0.15) is 5.10 Å². The van der Waals surface area contributed by atoms with Gasteiger partial charge in [0.2, 0.25) is 0 Å². The smallest absolute Gasteiger partial charge is 0.341 e. The van der Waals surface area contributed by atoms with Crippen LogP contribution in [0, 0.1) is 0 Å². The third-order valence-electron chi connectivity index (χ3n) is 3.38. The Kier molecular flexibility index (Phi) is 7.63. The Hall–Kier alpha value is -3.06. The van der Waals surface area contributed by atoms with Gasteiger partial charge in [-0.15, -0.1) is 0 Å². The lowest BCUT2D eigenvalue weighted by atomic mass is 10.1. The Morgan fingerprint density at radius 3 is 2.11 bits per heavy atom. The molecule has 2 aromatic carbocycles. The van der Waals surface area contributed by atoms with E-state index in [4.69, 9.17) is 26.2 Å². The highest BCUT2D eigenvalue weighted by Gasteiger charge is 2.06. The van der Waals surface area contributed by atoms with E-state index in [1.807, 2.05) is 6.92 Å². The van der Waals surface area contributed by atoms with Gasteiger partial charge in [0.1, 0.15) is 11.5 Å². The van der Waals surface area contributed by atoms with E-state index in [1.165, 1.54) is 0 Å². The zero-order valence-electron chi connectivity index (χ0n) is 14.6.